The van der Waals surface area contributed by atoms with E-state index in [0.717, 1.165) is 0 Å². The maximum absolute atomic E-state index is 11.7. The van der Waals surface area contributed by atoms with Crippen molar-refractivity contribution in [2.45, 2.75) is 13.8 Å². The van der Waals surface area contributed by atoms with Crippen molar-refractivity contribution in [3.63, 3.8) is 0 Å². The number of carbonyl (C=O) groups is 3. The van der Waals surface area contributed by atoms with Gasteiger partial charge in [0.25, 0.3) is 0 Å². The van der Waals surface area contributed by atoms with E-state index in [1.54, 1.807) is 13.8 Å². The molecule has 0 aliphatic rings. The molecule has 0 N–H and O–H groups in total. The molecule has 1 aromatic carbocycles. The Balaban J connectivity index is 3.12. The lowest BCUT2D eigenvalue weighted by Crippen LogP contribution is -2.11. The van der Waals surface area contributed by atoms with Gasteiger partial charge in [0.15, 0.2) is 0 Å². The highest BCUT2D eigenvalue weighted by molar-refractivity contribution is 5.95. The Bertz CT molecular complexity index is 517. The second-order valence-electron chi connectivity index (χ2n) is 3.52. The molecule has 0 bridgehead atoms. The fourth-order valence-electron chi connectivity index (χ4n) is 1.35. The standard InChI is InChI=1S/C14H14O5/c1-3-5-13(16)19-12-8-10(9-15)6-7-11(12)14(17)18-4-2/h3,5-9H,4H2,1-2H3. The average molecular weight is 262 g/mol. The number of allylic oxidation sites excluding steroid dienone is 1. The van der Waals surface area contributed by atoms with Gasteiger partial charge in [-0.15, -0.1) is 0 Å². The number of rotatable bonds is 5. The summed E-state index contributed by atoms with van der Waals surface area (Å²) >= 11 is 0. The first kappa shape index (κ1) is 14.6. The van der Waals surface area contributed by atoms with Crippen molar-refractivity contribution < 1.29 is 23.9 Å². The normalized spacial score (nSPS) is 10.2. The van der Waals surface area contributed by atoms with Crippen molar-refractivity contribution in [1.29, 1.82) is 0 Å². The van der Waals surface area contributed by atoms with Gasteiger partial charge < -0.3 is 9.47 Å². The molecule has 0 saturated carbocycles. The van der Waals surface area contributed by atoms with Crippen LogP contribution in [0.1, 0.15) is 34.6 Å². The fourth-order valence-corrected chi connectivity index (χ4v) is 1.35. The van der Waals surface area contributed by atoms with Crippen LogP contribution in [0.4, 0.5) is 0 Å². The van der Waals surface area contributed by atoms with Gasteiger partial charge in [-0.05, 0) is 26.0 Å². The minimum absolute atomic E-state index is 0.00569. The van der Waals surface area contributed by atoms with Gasteiger partial charge in [-0.3, -0.25) is 4.79 Å². The molecule has 0 aliphatic carbocycles. The molecule has 0 aromatic heterocycles. The Labute approximate surface area is 110 Å². The molecule has 5 nitrogen and oxygen atoms in total. The van der Waals surface area contributed by atoms with E-state index in [0.29, 0.717) is 11.8 Å². The van der Waals surface area contributed by atoms with Crippen LogP contribution in [0.15, 0.2) is 30.4 Å². The lowest BCUT2D eigenvalue weighted by Gasteiger charge is -2.08. The third-order valence-corrected chi connectivity index (χ3v) is 2.15. The average Bonchev–Trinajstić information content (AvgIpc) is 2.39. The Morgan fingerprint density at radius 1 is 1.32 bits per heavy atom. The van der Waals surface area contributed by atoms with E-state index in [9.17, 15) is 14.4 Å². The lowest BCUT2D eigenvalue weighted by atomic mass is 10.1. The molecule has 1 aromatic rings. The zero-order valence-corrected chi connectivity index (χ0v) is 10.7. The maximum Gasteiger partial charge on any atom is 0.341 e. The Morgan fingerprint density at radius 2 is 2.05 bits per heavy atom. The first-order chi connectivity index (χ1) is 9.12. The molecule has 0 aliphatic heterocycles. The van der Waals surface area contributed by atoms with Crippen molar-refractivity contribution in [2.24, 2.45) is 0 Å². The summed E-state index contributed by atoms with van der Waals surface area (Å²) in [6, 6.07) is 4.16. The zero-order valence-electron chi connectivity index (χ0n) is 10.7. The van der Waals surface area contributed by atoms with Gasteiger partial charge in [0.1, 0.15) is 17.6 Å². The van der Waals surface area contributed by atoms with Crippen molar-refractivity contribution >= 4 is 18.2 Å². The van der Waals surface area contributed by atoms with Crippen molar-refractivity contribution in [1.82, 2.24) is 0 Å². The second-order valence-corrected chi connectivity index (χ2v) is 3.52. The van der Waals surface area contributed by atoms with Crippen LogP contribution >= 0.6 is 0 Å². The van der Waals surface area contributed by atoms with E-state index in [2.05, 4.69) is 0 Å². The number of esters is 2. The molecule has 0 saturated heterocycles. The molecular weight excluding hydrogens is 248 g/mol. The van der Waals surface area contributed by atoms with Gasteiger partial charge in [0, 0.05) is 11.6 Å². The SMILES string of the molecule is CC=CC(=O)Oc1cc(C=O)ccc1C(=O)OCC. The third kappa shape index (κ3) is 4.06. The van der Waals surface area contributed by atoms with Crippen molar-refractivity contribution in [2.75, 3.05) is 6.61 Å². The molecule has 0 spiro atoms. The number of ether oxygens (including phenoxy) is 2. The first-order valence-corrected chi connectivity index (χ1v) is 5.73. The molecule has 0 fully saturated rings. The summed E-state index contributed by atoms with van der Waals surface area (Å²) in [5.41, 5.74) is 0.404. The van der Waals surface area contributed by atoms with Crippen LogP contribution in [0.25, 0.3) is 0 Å². The van der Waals surface area contributed by atoms with Gasteiger partial charge in [-0.1, -0.05) is 12.1 Å². The predicted molar refractivity (Wildman–Crippen MR) is 68.2 cm³/mol. The maximum atomic E-state index is 11.7. The van der Waals surface area contributed by atoms with Gasteiger partial charge in [-0.2, -0.15) is 0 Å². The summed E-state index contributed by atoms with van der Waals surface area (Å²) in [5, 5.41) is 0. The summed E-state index contributed by atoms with van der Waals surface area (Å²) in [5.74, 6) is -1.23. The minimum atomic E-state index is -0.629. The molecule has 1 rings (SSSR count). The largest absolute Gasteiger partial charge is 0.462 e. The summed E-state index contributed by atoms with van der Waals surface area (Å²) < 4.78 is 9.86. The number of hydrogen-bond donors (Lipinski definition) is 0. The number of hydrogen-bond acceptors (Lipinski definition) is 5. The molecule has 100 valence electrons. The lowest BCUT2D eigenvalue weighted by molar-refractivity contribution is -0.129. The molecular formula is C14H14O5. The van der Waals surface area contributed by atoms with Crippen LogP contribution in [0.3, 0.4) is 0 Å². The molecule has 19 heavy (non-hydrogen) atoms. The van der Waals surface area contributed by atoms with Crippen LogP contribution in [0.5, 0.6) is 5.75 Å². The predicted octanol–water partition coefficient (Wildman–Crippen LogP) is 2.16. The third-order valence-electron chi connectivity index (χ3n) is 2.15. The Kier molecular flexibility index (Phi) is 5.47. The summed E-state index contributed by atoms with van der Waals surface area (Å²) in [6.45, 7) is 3.54. The topological polar surface area (TPSA) is 69.7 Å². The quantitative estimate of drug-likeness (QED) is 0.352. The summed E-state index contributed by atoms with van der Waals surface area (Å²) in [7, 11) is 0. The Morgan fingerprint density at radius 3 is 2.63 bits per heavy atom. The monoisotopic (exact) mass is 262 g/mol. The summed E-state index contributed by atoms with van der Waals surface area (Å²) in [6.07, 6.45) is 3.32. The van der Waals surface area contributed by atoms with Crippen molar-refractivity contribution in [3.05, 3.63) is 41.5 Å². The van der Waals surface area contributed by atoms with Crippen molar-refractivity contribution in [3.8, 4) is 5.75 Å². The van der Waals surface area contributed by atoms with E-state index < -0.39 is 11.9 Å². The number of carbonyl (C=O) groups excluding carboxylic acids is 3. The van der Waals surface area contributed by atoms with Crippen LogP contribution in [0.2, 0.25) is 0 Å². The van der Waals surface area contributed by atoms with Crippen LogP contribution < -0.4 is 4.74 Å². The first-order valence-electron chi connectivity index (χ1n) is 5.73. The van der Waals surface area contributed by atoms with E-state index in [4.69, 9.17) is 9.47 Å². The number of aldehydes is 1. The second kappa shape index (κ2) is 7.10. The highest BCUT2D eigenvalue weighted by Crippen LogP contribution is 2.21. The molecule has 0 atom stereocenters. The van der Waals surface area contributed by atoms with Crippen LogP contribution in [-0.2, 0) is 9.53 Å². The fraction of sp³-hybridized carbons (Fsp3) is 0.214. The van der Waals surface area contributed by atoms with E-state index in [1.807, 2.05) is 0 Å². The van der Waals surface area contributed by atoms with Crippen LogP contribution in [-0.4, -0.2) is 24.8 Å². The molecule has 0 amide bonds. The molecule has 0 heterocycles. The smallest absolute Gasteiger partial charge is 0.341 e. The number of benzene rings is 1. The molecule has 0 radical (unpaired) electrons. The minimum Gasteiger partial charge on any atom is -0.462 e. The van der Waals surface area contributed by atoms with Gasteiger partial charge >= 0.3 is 11.9 Å². The van der Waals surface area contributed by atoms with Gasteiger partial charge in [0.2, 0.25) is 0 Å². The highest BCUT2D eigenvalue weighted by atomic mass is 16.5. The van der Waals surface area contributed by atoms with E-state index in [1.165, 1.54) is 30.4 Å². The van der Waals surface area contributed by atoms with Gasteiger partial charge in [0.05, 0.1) is 6.61 Å². The van der Waals surface area contributed by atoms with E-state index in [-0.39, 0.29) is 17.9 Å². The zero-order chi connectivity index (χ0) is 14.3. The molecule has 0 unspecified atom stereocenters. The van der Waals surface area contributed by atoms with Gasteiger partial charge in [-0.25, -0.2) is 9.59 Å². The highest BCUT2D eigenvalue weighted by Gasteiger charge is 2.16. The summed E-state index contributed by atoms with van der Waals surface area (Å²) in [4.78, 5) is 33.8. The van der Waals surface area contributed by atoms with E-state index >= 15 is 0 Å². The van der Waals surface area contributed by atoms with Crippen LogP contribution in [0, 0.1) is 0 Å². The molecule has 5 heteroatoms. The Hall–Kier alpha value is -2.43.